The van der Waals surface area contributed by atoms with E-state index >= 15 is 0 Å². The van der Waals surface area contributed by atoms with Gasteiger partial charge in [-0.2, -0.15) is 15.8 Å². The van der Waals surface area contributed by atoms with Crippen LogP contribution in [0, 0.1) is 94.1 Å². The number of hydrogen-bond donors (Lipinski definition) is 0. The van der Waals surface area contributed by atoms with E-state index in [0.29, 0.717) is 12.5 Å². The van der Waals surface area contributed by atoms with E-state index in [1.807, 2.05) is 57.2 Å². The maximum Gasteiger partial charge on any atom is 0.213 e. The molecular weight excluding hydrogens is 1500 g/mol. The maximum absolute atomic E-state index is 11.9. The van der Waals surface area contributed by atoms with E-state index < -0.39 is 7.37 Å². The van der Waals surface area contributed by atoms with Crippen LogP contribution >= 0.6 is 7.37 Å². The van der Waals surface area contributed by atoms with E-state index in [9.17, 15) is 23.7 Å². The van der Waals surface area contributed by atoms with Gasteiger partial charge in [-0.25, -0.2) is 0 Å². The number of nitrogens with zero attached hydrogens (tertiary/aromatic N) is 3. The molecule has 0 radical (unpaired) electrons. The average Bonchev–Trinajstić information content (AvgIpc) is 0.832. The maximum atomic E-state index is 11.9. The third-order valence-electron chi connectivity index (χ3n) is 24.0. The zero-order valence-electron chi connectivity index (χ0n) is 82.2. The Kier molecular flexibility index (Phi) is 52.3. The molecule has 0 saturated heterocycles. The van der Waals surface area contributed by atoms with E-state index in [0.717, 1.165) is 23.7 Å². The summed E-state index contributed by atoms with van der Waals surface area (Å²) in [6.45, 7) is 76.1. The Labute approximate surface area is 745 Å². The number of carbonyl (C=O) groups excluding carboxylic acids is 4. The fraction of sp³-hybridized carbons (Fsp3) is 0.613. The zero-order chi connectivity index (χ0) is 92.0. The SMILES string of the molecule is C.C.CC(=O)/C=C/C1=C(C)CCCC1(C)C.CC1=C(/C=C/C(=C/C#N)C(C)(C)C)C(C)(C)CCC1.CC1=C(/C=C/C(=C/C=C/C#N)C(C)(C)C)C(C)(C)CCC1.CC1=C(/C=C/C(=C/C=C/C=O)C(C)(C)C)C(C)(C)CCC1.CC1=C(/C=C/C(=C/C=O)C(C)C)C(C)(C)CCC1.CC1=C(/C=C/C(=O)C(C)(C)C)C(C)(C)CCC1.CCOP(C)(=O)CC#N. The van der Waals surface area contributed by atoms with Crippen LogP contribution in [0.4, 0.5) is 0 Å². The second-order valence-electron chi connectivity index (χ2n) is 42.3. The molecule has 6 aliphatic carbocycles. The Hall–Kier alpha value is -7.34. The topological polar surface area (TPSA) is 166 Å². The van der Waals surface area contributed by atoms with Gasteiger partial charge in [0, 0.05) is 24.2 Å². The van der Waals surface area contributed by atoms with Crippen LogP contribution in [-0.2, 0) is 28.3 Å². The third-order valence-corrected chi connectivity index (χ3v) is 25.5. The third kappa shape index (κ3) is 44.2. The molecule has 121 heavy (non-hydrogen) atoms. The second-order valence-corrected chi connectivity index (χ2v) is 44.9. The van der Waals surface area contributed by atoms with E-state index in [1.54, 1.807) is 44.2 Å². The summed E-state index contributed by atoms with van der Waals surface area (Å²) in [5.41, 5.74) is 23.6. The summed E-state index contributed by atoms with van der Waals surface area (Å²) < 4.78 is 15.8. The molecule has 1 atom stereocenters. The molecule has 0 bridgehead atoms. The number of aldehydes is 2. The lowest BCUT2D eigenvalue weighted by Crippen LogP contribution is -2.21. The minimum Gasteiger partial charge on any atom is -0.328 e. The zero-order valence-corrected chi connectivity index (χ0v) is 83.1. The highest BCUT2D eigenvalue weighted by Gasteiger charge is 2.33. The molecule has 0 spiro atoms. The number of rotatable bonds is 20. The lowest BCUT2D eigenvalue weighted by Gasteiger charge is -2.33. The van der Waals surface area contributed by atoms with Crippen LogP contribution in [0.5, 0.6) is 0 Å². The Morgan fingerprint density at radius 2 is 0.711 bits per heavy atom. The van der Waals surface area contributed by atoms with Crippen LogP contribution < -0.4 is 0 Å². The monoisotopic (exact) mass is 1680 g/mol. The van der Waals surface area contributed by atoms with Gasteiger partial charge in [0.15, 0.2) is 11.6 Å². The van der Waals surface area contributed by atoms with Gasteiger partial charge in [0.05, 0.1) is 24.8 Å². The van der Waals surface area contributed by atoms with E-state index in [4.69, 9.17) is 20.3 Å². The lowest BCUT2D eigenvalue weighted by molar-refractivity contribution is -0.121. The van der Waals surface area contributed by atoms with Crippen LogP contribution in [0.3, 0.4) is 0 Å². The minimum atomic E-state index is -2.55. The highest BCUT2D eigenvalue weighted by Crippen LogP contribution is 2.48. The van der Waals surface area contributed by atoms with Crippen molar-refractivity contribution in [2.45, 2.75) is 366 Å². The fourth-order valence-electron chi connectivity index (χ4n) is 16.4. The number of carbonyl (C=O) groups is 4. The molecule has 9 nitrogen and oxygen atoms in total. The van der Waals surface area contributed by atoms with Gasteiger partial charge in [-0.1, -0.05) is 313 Å². The van der Waals surface area contributed by atoms with Crippen molar-refractivity contribution in [2.75, 3.05) is 19.4 Å². The van der Waals surface area contributed by atoms with Crippen molar-refractivity contribution in [3.8, 4) is 18.2 Å². The number of nitriles is 3. The van der Waals surface area contributed by atoms with Gasteiger partial charge in [0.2, 0.25) is 7.37 Å². The minimum absolute atomic E-state index is 0. The van der Waals surface area contributed by atoms with Crippen molar-refractivity contribution in [1.82, 2.24) is 0 Å². The number of ketones is 2. The molecular formula is C111H176N3O6P. The van der Waals surface area contributed by atoms with E-state index in [2.05, 4.69) is 262 Å². The highest BCUT2D eigenvalue weighted by molar-refractivity contribution is 7.58. The predicted octanol–water partition coefficient (Wildman–Crippen LogP) is 33.4. The summed E-state index contributed by atoms with van der Waals surface area (Å²) in [5, 5.41) is 25.7. The smallest absolute Gasteiger partial charge is 0.213 e. The first-order chi connectivity index (χ1) is 54.6. The predicted molar refractivity (Wildman–Crippen MR) is 528 cm³/mol. The van der Waals surface area contributed by atoms with E-state index in [1.165, 1.54) is 212 Å². The molecule has 0 aliphatic heterocycles. The van der Waals surface area contributed by atoms with Gasteiger partial charge in [-0.15, -0.1) is 0 Å². The van der Waals surface area contributed by atoms with Crippen molar-refractivity contribution >= 4 is 31.5 Å². The summed E-state index contributed by atoms with van der Waals surface area (Å²) in [4.78, 5) is 43.9. The molecule has 6 rings (SSSR count). The van der Waals surface area contributed by atoms with Gasteiger partial charge in [-0.3, -0.25) is 23.7 Å². The Balaban J connectivity index is -0.00000135. The molecule has 1 unspecified atom stereocenters. The quantitative estimate of drug-likeness (QED) is 0.0379. The first-order valence-electron chi connectivity index (χ1n) is 44.4. The van der Waals surface area contributed by atoms with Gasteiger partial charge >= 0.3 is 0 Å². The molecule has 0 aromatic carbocycles. The van der Waals surface area contributed by atoms with Crippen LogP contribution in [0.25, 0.3) is 0 Å². The van der Waals surface area contributed by atoms with Crippen LogP contribution in [0.2, 0.25) is 0 Å². The van der Waals surface area contributed by atoms with Crippen LogP contribution in [0.1, 0.15) is 366 Å². The largest absolute Gasteiger partial charge is 0.328 e. The molecule has 6 aliphatic rings. The Bertz CT molecular complexity index is 4170. The average molecular weight is 1680 g/mol. The van der Waals surface area contributed by atoms with Crippen molar-refractivity contribution in [3.05, 3.63) is 211 Å². The lowest BCUT2D eigenvalue weighted by atomic mass is 9.72. The van der Waals surface area contributed by atoms with Gasteiger partial charge in [0.25, 0.3) is 0 Å². The molecule has 0 amide bonds. The highest BCUT2D eigenvalue weighted by atomic mass is 31.2. The molecule has 0 N–H and O–H groups in total. The van der Waals surface area contributed by atoms with E-state index in [-0.39, 0.29) is 86.7 Å². The summed E-state index contributed by atoms with van der Waals surface area (Å²) in [5.74, 6) is 0.727. The molecule has 0 aromatic heterocycles. The van der Waals surface area contributed by atoms with Gasteiger partial charge in [0.1, 0.15) is 18.7 Å². The molecule has 676 valence electrons. The number of allylic oxidation sites excluding steroid dienone is 36. The van der Waals surface area contributed by atoms with Crippen molar-refractivity contribution in [3.63, 3.8) is 0 Å². The molecule has 10 heteroatoms. The summed E-state index contributed by atoms with van der Waals surface area (Å²) in [7, 11) is -2.55. The molecule has 0 saturated carbocycles. The first-order valence-corrected chi connectivity index (χ1v) is 46.7. The molecule has 0 heterocycles. The number of hydrogen-bond acceptors (Lipinski definition) is 9. The van der Waals surface area contributed by atoms with Crippen LogP contribution in [0.15, 0.2) is 211 Å². The van der Waals surface area contributed by atoms with Crippen molar-refractivity contribution < 1.29 is 28.3 Å². The first kappa shape index (κ1) is 118. The normalized spacial score (nSPS) is 20.1. The summed E-state index contributed by atoms with van der Waals surface area (Å²) in [6, 6.07) is 6.01. The summed E-state index contributed by atoms with van der Waals surface area (Å²) in [6.07, 6.45) is 63.5. The Morgan fingerprint density at radius 1 is 0.421 bits per heavy atom. The van der Waals surface area contributed by atoms with Crippen molar-refractivity contribution in [1.29, 1.82) is 15.8 Å². The van der Waals surface area contributed by atoms with Crippen molar-refractivity contribution in [2.24, 2.45) is 60.1 Å². The van der Waals surface area contributed by atoms with Gasteiger partial charge < -0.3 is 4.52 Å². The molecule has 0 aromatic rings. The fourth-order valence-corrected chi connectivity index (χ4v) is 17.3. The van der Waals surface area contributed by atoms with Gasteiger partial charge in [-0.05, 0) is 306 Å². The Morgan fingerprint density at radius 3 is 0.950 bits per heavy atom. The standard InChI is InChI=1S/C20H29N.C20H30O.C18H27N.C17H26O.C16H26O.C13H20O.C5H10NO2P.2CH4/c2*1-16-10-9-14-20(5,6)18(16)13-12-17(19(2,3)4)11-7-8-15-21;1-14-8-7-12-18(5,6)16(14)10-9-15(11-13-19)17(2,3)4;1-13(2)15(10-12-18)8-9-16-14(3)7-6-11-17(16,4)5;1-12-8-7-11-16(5,6)13(12)9-10-14(17)15(2,3)4;1-10-6-5-9-13(3,4)12(10)8-7-11(2)14;1-3-8-9(2,7)5-4-6;;/h7-8,11-13H,9-10,14H2,1-6H3;7-8,11-13,15H,9-10,14H2,1-6H3;9-11H,7-8,12H2,1-6H3;8-10,12-13H,6-7,11H2,1-5H3;9-10H,7-8,11H2,1-6H3;7-8H,5-6,9H2,1-4H3;3,5H2,1-2H3;2*1H4/b2*8-7+,13-12+,17-11-;10-9+,15-11-;9-8+,15-10-;10-9+;8-7+;;;. The summed E-state index contributed by atoms with van der Waals surface area (Å²) >= 11 is 0. The van der Waals surface area contributed by atoms with Crippen LogP contribution in [-0.4, -0.2) is 43.6 Å². The molecule has 0 fully saturated rings. The second kappa shape index (κ2) is 53.7.